The summed E-state index contributed by atoms with van der Waals surface area (Å²) in [7, 11) is 0. The van der Waals surface area contributed by atoms with E-state index in [4.69, 9.17) is 4.74 Å². The fraction of sp³-hybridized carbons (Fsp3) is 0.500. The van der Waals surface area contributed by atoms with Gasteiger partial charge in [0.05, 0.1) is 6.61 Å². The smallest absolute Gasteiger partial charge is 0.255 e. The minimum absolute atomic E-state index is 0.0431. The van der Waals surface area contributed by atoms with Crippen LogP contribution in [0.25, 0.3) is 0 Å². The van der Waals surface area contributed by atoms with Gasteiger partial charge >= 0.3 is 0 Å². The van der Waals surface area contributed by atoms with Gasteiger partial charge in [0.1, 0.15) is 0 Å². The maximum absolute atomic E-state index is 13.0. The van der Waals surface area contributed by atoms with E-state index >= 15 is 0 Å². The highest BCUT2D eigenvalue weighted by Gasteiger charge is 2.24. The standard InChI is InChI=1S/C10H9F4NO/c11-6-8(16-4-3-5-1-2-5)7(12)10(14)15-9(6)13/h5H,1-4H2. The first-order valence-electron chi connectivity index (χ1n) is 4.92. The predicted octanol–water partition coefficient (Wildman–Crippen LogP) is 2.82. The molecule has 0 unspecified atom stereocenters. The Kier molecular flexibility index (Phi) is 2.98. The van der Waals surface area contributed by atoms with Crippen LogP contribution in [-0.2, 0) is 0 Å². The van der Waals surface area contributed by atoms with Crippen molar-refractivity contribution in [3.05, 3.63) is 23.5 Å². The van der Waals surface area contributed by atoms with Crippen molar-refractivity contribution in [2.24, 2.45) is 5.92 Å². The molecule has 0 amide bonds. The molecule has 1 aliphatic carbocycles. The average Bonchev–Trinajstić information content (AvgIpc) is 3.04. The molecule has 0 saturated heterocycles. The molecule has 2 nitrogen and oxygen atoms in total. The van der Waals surface area contributed by atoms with Crippen LogP contribution < -0.4 is 4.74 Å². The molecule has 16 heavy (non-hydrogen) atoms. The Hall–Kier alpha value is -1.33. The molecule has 0 atom stereocenters. The lowest BCUT2D eigenvalue weighted by molar-refractivity contribution is 0.255. The Balaban J connectivity index is 2.10. The van der Waals surface area contributed by atoms with E-state index in [1.54, 1.807) is 0 Å². The van der Waals surface area contributed by atoms with Crippen molar-refractivity contribution in [3.63, 3.8) is 0 Å². The number of rotatable bonds is 4. The van der Waals surface area contributed by atoms with E-state index in [0.717, 1.165) is 12.8 Å². The fourth-order valence-electron chi connectivity index (χ4n) is 1.33. The molecule has 6 heteroatoms. The first-order chi connectivity index (χ1) is 7.59. The van der Waals surface area contributed by atoms with Gasteiger partial charge in [0.2, 0.25) is 11.6 Å². The molecule has 1 aromatic heterocycles. The lowest BCUT2D eigenvalue weighted by atomic mass is 10.3. The number of halogens is 4. The third-order valence-electron chi connectivity index (χ3n) is 2.43. The lowest BCUT2D eigenvalue weighted by Gasteiger charge is -2.08. The maximum atomic E-state index is 13.0. The van der Waals surface area contributed by atoms with Crippen LogP contribution in [0.1, 0.15) is 19.3 Å². The molecule has 1 fully saturated rings. The molecular weight excluding hydrogens is 226 g/mol. The van der Waals surface area contributed by atoms with Crippen LogP contribution in [0.5, 0.6) is 5.75 Å². The Morgan fingerprint density at radius 2 is 1.62 bits per heavy atom. The maximum Gasteiger partial charge on any atom is 0.255 e. The van der Waals surface area contributed by atoms with E-state index in [9.17, 15) is 17.6 Å². The molecule has 88 valence electrons. The van der Waals surface area contributed by atoms with Gasteiger partial charge in [-0.15, -0.1) is 0 Å². The third kappa shape index (κ3) is 2.25. The number of pyridine rings is 1. The van der Waals surface area contributed by atoms with Gasteiger partial charge in [0, 0.05) is 0 Å². The van der Waals surface area contributed by atoms with Crippen molar-refractivity contribution in [2.75, 3.05) is 6.61 Å². The Bertz CT molecular complexity index is 380. The predicted molar refractivity (Wildman–Crippen MR) is 46.9 cm³/mol. The quantitative estimate of drug-likeness (QED) is 0.591. The second-order valence-corrected chi connectivity index (χ2v) is 3.73. The highest BCUT2D eigenvalue weighted by Crippen LogP contribution is 2.33. The molecule has 1 heterocycles. The van der Waals surface area contributed by atoms with Crippen molar-refractivity contribution in [1.82, 2.24) is 4.98 Å². The van der Waals surface area contributed by atoms with Gasteiger partial charge in [-0.25, -0.2) is 0 Å². The normalized spacial score (nSPS) is 15.2. The van der Waals surface area contributed by atoms with E-state index in [-0.39, 0.29) is 6.61 Å². The van der Waals surface area contributed by atoms with Crippen molar-refractivity contribution in [3.8, 4) is 5.75 Å². The SMILES string of the molecule is Fc1nc(F)c(F)c(OCCC2CC2)c1F. The summed E-state index contributed by atoms with van der Waals surface area (Å²) in [6.45, 7) is 0.0431. The fourth-order valence-corrected chi connectivity index (χ4v) is 1.33. The molecule has 0 aliphatic heterocycles. The molecule has 0 spiro atoms. The van der Waals surface area contributed by atoms with Crippen LogP contribution in [-0.4, -0.2) is 11.6 Å². The number of aromatic nitrogens is 1. The minimum Gasteiger partial charge on any atom is -0.487 e. The first-order valence-corrected chi connectivity index (χ1v) is 4.92. The third-order valence-corrected chi connectivity index (χ3v) is 2.43. The van der Waals surface area contributed by atoms with Crippen LogP contribution in [0.4, 0.5) is 17.6 Å². The topological polar surface area (TPSA) is 22.1 Å². The molecule has 2 rings (SSSR count). The summed E-state index contributed by atoms with van der Waals surface area (Å²) in [4.78, 5) is 2.43. The number of hydrogen-bond donors (Lipinski definition) is 0. The van der Waals surface area contributed by atoms with E-state index in [2.05, 4.69) is 4.98 Å². The Labute approximate surface area is 89.2 Å². The molecule has 1 aromatic rings. The molecule has 1 saturated carbocycles. The van der Waals surface area contributed by atoms with Crippen LogP contribution in [0, 0.1) is 29.4 Å². The first kappa shape index (κ1) is 11.2. The highest BCUT2D eigenvalue weighted by atomic mass is 19.2. The number of hydrogen-bond acceptors (Lipinski definition) is 2. The monoisotopic (exact) mass is 235 g/mol. The van der Waals surface area contributed by atoms with E-state index in [0.29, 0.717) is 12.3 Å². The summed E-state index contributed by atoms with van der Waals surface area (Å²) in [5, 5.41) is 0. The molecule has 1 aliphatic rings. The Morgan fingerprint density at radius 1 is 1.06 bits per heavy atom. The second kappa shape index (κ2) is 4.27. The van der Waals surface area contributed by atoms with E-state index in [1.165, 1.54) is 0 Å². The van der Waals surface area contributed by atoms with Crippen LogP contribution >= 0.6 is 0 Å². The zero-order valence-electron chi connectivity index (χ0n) is 8.27. The van der Waals surface area contributed by atoms with Crippen molar-refractivity contribution < 1.29 is 22.3 Å². The van der Waals surface area contributed by atoms with Crippen LogP contribution in [0.15, 0.2) is 0 Å². The summed E-state index contributed by atoms with van der Waals surface area (Å²) < 4.78 is 56.0. The Morgan fingerprint density at radius 3 is 2.12 bits per heavy atom. The molecule has 0 bridgehead atoms. The van der Waals surface area contributed by atoms with Crippen LogP contribution in [0.2, 0.25) is 0 Å². The zero-order valence-corrected chi connectivity index (χ0v) is 8.27. The zero-order chi connectivity index (χ0) is 11.7. The van der Waals surface area contributed by atoms with Gasteiger partial charge in [-0.05, 0) is 12.3 Å². The number of nitrogens with zero attached hydrogens (tertiary/aromatic N) is 1. The van der Waals surface area contributed by atoms with Crippen molar-refractivity contribution in [2.45, 2.75) is 19.3 Å². The average molecular weight is 235 g/mol. The van der Waals surface area contributed by atoms with Gasteiger partial charge < -0.3 is 4.74 Å². The van der Waals surface area contributed by atoms with Gasteiger partial charge in [-0.3, -0.25) is 0 Å². The summed E-state index contributed by atoms with van der Waals surface area (Å²) in [6, 6.07) is 0. The van der Waals surface area contributed by atoms with Gasteiger partial charge in [0.15, 0.2) is 5.75 Å². The molecule has 0 radical (unpaired) electrons. The molecule has 0 N–H and O–H groups in total. The lowest BCUT2D eigenvalue weighted by Crippen LogP contribution is -2.07. The van der Waals surface area contributed by atoms with E-state index in [1.807, 2.05) is 0 Å². The van der Waals surface area contributed by atoms with Gasteiger partial charge in [-0.2, -0.15) is 22.5 Å². The number of ether oxygens (including phenoxy) is 1. The summed E-state index contributed by atoms with van der Waals surface area (Å²) in [6.07, 6.45) is 2.76. The van der Waals surface area contributed by atoms with Gasteiger partial charge in [0.25, 0.3) is 11.9 Å². The van der Waals surface area contributed by atoms with Crippen LogP contribution in [0.3, 0.4) is 0 Å². The second-order valence-electron chi connectivity index (χ2n) is 3.73. The van der Waals surface area contributed by atoms with Gasteiger partial charge in [-0.1, -0.05) is 12.8 Å². The largest absolute Gasteiger partial charge is 0.487 e. The van der Waals surface area contributed by atoms with Crippen molar-refractivity contribution in [1.29, 1.82) is 0 Å². The minimum atomic E-state index is -1.69. The molecule has 0 aromatic carbocycles. The van der Waals surface area contributed by atoms with E-state index < -0.39 is 29.3 Å². The highest BCUT2D eigenvalue weighted by molar-refractivity contribution is 5.24. The summed E-state index contributed by atoms with van der Waals surface area (Å²) in [5.41, 5.74) is 0. The van der Waals surface area contributed by atoms with Crippen molar-refractivity contribution >= 4 is 0 Å². The summed E-state index contributed by atoms with van der Waals surface area (Å²) >= 11 is 0. The molecular formula is C10H9F4NO. The summed E-state index contributed by atoms with van der Waals surface area (Å²) in [5.74, 6) is -7.08.